The average molecular weight is 296 g/mol. The van der Waals surface area contributed by atoms with E-state index in [9.17, 15) is 5.11 Å². The van der Waals surface area contributed by atoms with Gasteiger partial charge in [0.15, 0.2) is 0 Å². The number of nitrogen functional groups attached to an aromatic ring is 1. The number of nitrogens with zero attached hydrogens (tertiary/aromatic N) is 3. The van der Waals surface area contributed by atoms with Gasteiger partial charge < -0.3 is 10.8 Å². The highest BCUT2D eigenvalue weighted by molar-refractivity contribution is 5.88. The molecule has 2 aromatic heterocycles. The lowest BCUT2D eigenvalue weighted by atomic mass is 10.1. The number of aryl methyl sites for hydroxylation is 1. The van der Waals surface area contributed by atoms with Crippen molar-refractivity contribution in [2.45, 2.75) is 19.8 Å². The maximum atomic E-state index is 10.7. The number of hydrogen-bond acceptors (Lipinski definition) is 4. The van der Waals surface area contributed by atoms with Gasteiger partial charge in [-0.05, 0) is 18.6 Å². The first-order valence-electron chi connectivity index (χ1n) is 7.40. The van der Waals surface area contributed by atoms with Crippen LogP contribution in [0.1, 0.15) is 18.9 Å². The first kappa shape index (κ1) is 14.3. The van der Waals surface area contributed by atoms with Crippen molar-refractivity contribution in [2.24, 2.45) is 0 Å². The monoisotopic (exact) mass is 296 g/mol. The van der Waals surface area contributed by atoms with Crippen molar-refractivity contribution in [1.29, 1.82) is 0 Å². The van der Waals surface area contributed by atoms with Crippen molar-refractivity contribution >= 4 is 22.3 Å². The SMILES string of the molecule is CCCc1c(O)n(N(C)c2ccncc2N)c2ccccc12. The second-order valence-electron chi connectivity index (χ2n) is 5.34. The number of aromatic hydroxyl groups is 1. The van der Waals surface area contributed by atoms with Gasteiger partial charge in [0.2, 0.25) is 5.88 Å². The van der Waals surface area contributed by atoms with Gasteiger partial charge in [-0.2, -0.15) is 0 Å². The van der Waals surface area contributed by atoms with E-state index in [-0.39, 0.29) is 5.88 Å². The molecule has 5 nitrogen and oxygen atoms in total. The van der Waals surface area contributed by atoms with E-state index < -0.39 is 0 Å². The fourth-order valence-corrected chi connectivity index (χ4v) is 2.88. The lowest BCUT2D eigenvalue weighted by molar-refractivity contribution is 0.421. The summed E-state index contributed by atoms with van der Waals surface area (Å²) in [6, 6.07) is 9.84. The third-order valence-corrected chi connectivity index (χ3v) is 3.90. The van der Waals surface area contributed by atoms with E-state index in [1.807, 2.05) is 42.4 Å². The molecule has 0 bridgehead atoms. The molecule has 0 atom stereocenters. The Morgan fingerprint density at radius 3 is 2.77 bits per heavy atom. The van der Waals surface area contributed by atoms with Crippen LogP contribution < -0.4 is 10.7 Å². The number of hydrogen-bond donors (Lipinski definition) is 2. The zero-order valence-corrected chi connectivity index (χ0v) is 12.8. The molecule has 3 N–H and O–H groups in total. The second kappa shape index (κ2) is 5.60. The van der Waals surface area contributed by atoms with Gasteiger partial charge in [0.05, 0.1) is 23.1 Å². The number of nitrogens with two attached hydrogens (primary N) is 1. The van der Waals surface area contributed by atoms with Crippen LogP contribution in [0.3, 0.4) is 0 Å². The molecule has 1 aromatic carbocycles. The smallest absolute Gasteiger partial charge is 0.214 e. The van der Waals surface area contributed by atoms with Gasteiger partial charge in [-0.25, -0.2) is 4.68 Å². The minimum atomic E-state index is 0.266. The number of fused-ring (bicyclic) bond motifs is 1. The van der Waals surface area contributed by atoms with Crippen LogP contribution >= 0.6 is 0 Å². The molecule has 0 radical (unpaired) electrons. The van der Waals surface area contributed by atoms with Gasteiger partial charge in [0, 0.05) is 24.2 Å². The standard InChI is InChI=1S/C17H20N4O/c1-3-6-13-12-7-4-5-8-15(12)21(17(13)22)20(2)16-9-10-19-11-14(16)18/h4-5,7-11,22H,3,6,18H2,1-2H3. The molecule has 0 spiro atoms. The molecule has 0 aliphatic rings. The van der Waals surface area contributed by atoms with Crippen molar-refractivity contribution < 1.29 is 5.11 Å². The molecular formula is C17H20N4O. The summed E-state index contributed by atoms with van der Waals surface area (Å²) in [4.78, 5) is 4.02. The minimum absolute atomic E-state index is 0.266. The van der Waals surface area contributed by atoms with Gasteiger partial charge >= 0.3 is 0 Å². The molecule has 0 amide bonds. The molecule has 3 aromatic rings. The van der Waals surface area contributed by atoms with Crippen molar-refractivity contribution in [1.82, 2.24) is 9.66 Å². The molecule has 114 valence electrons. The fourth-order valence-electron chi connectivity index (χ4n) is 2.88. The van der Waals surface area contributed by atoms with Crippen molar-refractivity contribution in [2.75, 3.05) is 17.8 Å². The zero-order chi connectivity index (χ0) is 15.7. The van der Waals surface area contributed by atoms with E-state index >= 15 is 0 Å². The Bertz CT molecular complexity index is 810. The molecule has 5 heteroatoms. The average Bonchev–Trinajstić information content (AvgIpc) is 2.80. The number of pyridine rings is 1. The van der Waals surface area contributed by atoms with Crippen LogP contribution in [0.15, 0.2) is 42.7 Å². The maximum absolute atomic E-state index is 10.7. The van der Waals surface area contributed by atoms with Crippen LogP contribution in [0.5, 0.6) is 5.88 Å². The molecule has 2 heterocycles. The lowest BCUT2D eigenvalue weighted by Gasteiger charge is -2.24. The highest BCUT2D eigenvalue weighted by Gasteiger charge is 2.19. The van der Waals surface area contributed by atoms with Gasteiger partial charge in [0.25, 0.3) is 0 Å². The van der Waals surface area contributed by atoms with E-state index in [4.69, 9.17) is 5.73 Å². The molecule has 0 saturated heterocycles. The maximum Gasteiger partial charge on any atom is 0.214 e. The Hall–Kier alpha value is -2.69. The van der Waals surface area contributed by atoms with Crippen LogP contribution in [-0.2, 0) is 6.42 Å². The Balaban J connectivity index is 2.22. The first-order chi connectivity index (χ1) is 10.6. The van der Waals surface area contributed by atoms with Gasteiger partial charge in [-0.15, -0.1) is 0 Å². The second-order valence-corrected chi connectivity index (χ2v) is 5.34. The third kappa shape index (κ3) is 2.15. The van der Waals surface area contributed by atoms with Crippen molar-refractivity contribution in [3.8, 4) is 5.88 Å². The highest BCUT2D eigenvalue weighted by atomic mass is 16.3. The van der Waals surface area contributed by atoms with E-state index in [2.05, 4.69) is 11.9 Å². The van der Waals surface area contributed by atoms with Crippen LogP contribution in [0.4, 0.5) is 11.4 Å². The molecule has 0 unspecified atom stereocenters. The Morgan fingerprint density at radius 1 is 1.27 bits per heavy atom. The predicted molar refractivity (Wildman–Crippen MR) is 90.0 cm³/mol. The Labute approximate surface area is 129 Å². The predicted octanol–water partition coefficient (Wildman–Crippen LogP) is 3.18. The van der Waals surface area contributed by atoms with Crippen LogP contribution in [0.2, 0.25) is 0 Å². The van der Waals surface area contributed by atoms with Crippen molar-refractivity contribution in [3.05, 3.63) is 48.3 Å². The highest BCUT2D eigenvalue weighted by Crippen LogP contribution is 2.34. The molecular weight excluding hydrogens is 276 g/mol. The van der Waals surface area contributed by atoms with E-state index in [0.29, 0.717) is 5.69 Å². The summed E-state index contributed by atoms with van der Waals surface area (Å²) < 4.78 is 1.80. The van der Waals surface area contributed by atoms with Gasteiger partial charge in [-0.1, -0.05) is 31.5 Å². The van der Waals surface area contributed by atoms with Crippen LogP contribution in [0.25, 0.3) is 10.9 Å². The Kier molecular flexibility index (Phi) is 3.63. The number of benzene rings is 1. The number of anilines is 2. The van der Waals surface area contributed by atoms with E-state index in [1.165, 1.54) is 0 Å². The van der Waals surface area contributed by atoms with Crippen LogP contribution in [0, 0.1) is 0 Å². The molecule has 0 fully saturated rings. The normalized spacial score (nSPS) is 11.0. The summed E-state index contributed by atoms with van der Waals surface area (Å²) in [5.74, 6) is 0.266. The topological polar surface area (TPSA) is 67.3 Å². The zero-order valence-electron chi connectivity index (χ0n) is 12.8. The number of aromatic nitrogens is 2. The summed E-state index contributed by atoms with van der Waals surface area (Å²) >= 11 is 0. The lowest BCUT2D eigenvalue weighted by Crippen LogP contribution is -2.25. The summed E-state index contributed by atoms with van der Waals surface area (Å²) in [5.41, 5.74) is 9.32. The Morgan fingerprint density at radius 2 is 2.05 bits per heavy atom. The minimum Gasteiger partial charge on any atom is -0.493 e. The van der Waals surface area contributed by atoms with Crippen molar-refractivity contribution in [3.63, 3.8) is 0 Å². The molecule has 22 heavy (non-hydrogen) atoms. The largest absolute Gasteiger partial charge is 0.493 e. The molecule has 3 rings (SSSR count). The summed E-state index contributed by atoms with van der Waals surface area (Å²) in [7, 11) is 1.88. The van der Waals surface area contributed by atoms with E-state index in [0.717, 1.165) is 35.0 Å². The number of para-hydroxylation sites is 1. The molecule has 0 aliphatic carbocycles. The van der Waals surface area contributed by atoms with Gasteiger partial charge in [-0.3, -0.25) is 9.99 Å². The molecule has 0 saturated carbocycles. The quantitative estimate of drug-likeness (QED) is 0.776. The third-order valence-electron chi connectivity index (χ3n) is 3.90. The summed E-state index contributed by atoms with van der Waals surface area (Å²) in [6.45, 7) is 2.11. The number of rotatable bonds is 4. The van der Waals surface area contributed by atoms with E-state index in [1.54, 1.807) is 17.1 Å². The van der Waals surface area contributed by atoms with Gasteiger partial charge in [0.1, 0.15) is 0 Å². The fraction of sp³-hybridized carbons (Fsp3) is 0.235. The first-order valence-corrected chi connectivity index (χ1v) is 7.40. The van der Waals surface area contributed by atoms with Crippen LogP contribution in [-0.4, -0.2) is 21.8 Å². The molecule has 0 aliphatic heterocycles. The summed E-state index contributed by atoms with van der Waals surface area (Å²) in [5, 5.41) is 13.7. The summed E-state index contributed by atoms with van der Waals surface area (Å²) in [6.07, 6.45) is 5.11.